The molecule has 132 valence electrons. The third-order valence-corrected chi connectivity index (χ3v) is 5.25. The van der Waals surface area contributed by atoms with Crippen molar-refractivity contribution in [3.8, 4) is 0 Å². The van der Waals surface area contributed by atoms with Gasteiger partial charge in [-0.05, 0) is 31.6 Å². The van der Waals surface area contributed by atoms with Crippen molar-refractivity contribution in [3.63, 3.8) is 0 Å². The minimum Gasteiger partial charge on any atom is -0.462 e. The van der Waals surface area contributed by atoms with E-state index < -0.39 is 16.8 Å². The highest BCUT2D eigenvalue weighted by molar-refractivity contribution is 7.16. The first-order valence-electron chi connectivity index (χ1n) is 7.47. The van der Waals surface area contributed by atoms with Crippen molar-refractivity contribution in [2.45, 2.75) is 20.3 Å². The van der Waals surface area contributed by atoms with E-state index in [9.17, 15) is 19.7 Å². The summed E-state index contributed by atoms with van der Waals surface area (Å²) in [6, 6.07) is 4.66. The predicted molar refractivity (Wildman–Crippen MR) is 98.3 cm³/mol. The zero-order valence-corrected chi connectivity index (χ0v) is 15.2. The highest BCUT2D eigenvalue weighted by atomic mass is 32.1. The van der Waals surface area contributed by atoms with Crippen LogP contribution in [0.15, 0.2) is 24.3 Å². The Morgan fingerprint density at radius 2 is 2.08 bits per heavy atom. The molecule has 0 fully saturated rings. The number of anilines is 1. The van der Waals surface area contributed by atoms with Crippen LogP contribution in [0.2, 0.25) is 0 Å². The van der Waals surface area contributed by atoms with Gasteiger partial charge < -0.3 is 10.1 Å². The first-order chi connectivity index (χ1) is 11.9. The number of esters is 1. The molecule has 2 aromatic heterocycles. The molecule has 0 radical (unpaired) electrons. The summed E-state index contributed by atoms with van der Waals surface area (Å²) in [6.07, 6.45) is 3.50. The maximum atomic E-state index is 12.1. The third kappa shape index (κ3) is 4.97. The van der Waals surface area contributed by atoms with E-state index in [1.807, 2.05) is 6.92 Å². The molecule has 0 unspecified atom stereocenters. The summed E-state index contributed by atoms with van der Waals surface area (Å²) in [4.78, 5) is 35.8. The van der Waals surface area contributed by atoms with Crippen LogP contribution < -0.4 is 5.32 Å². The Labute approximate surface area is 152 Å². The lowest BCUT2D eigenvalue weighted by Crippen LogP contribution is -2.11. The third-order valence-electron chi connectivity index (χ3n) is 3.06. The number of nitro groups is 1. The van der Waals surface area contributed by atoms with Crippen LogP contribution in [-0.4, -0.2) is 23.4 Å². The molecule has 1 N–H and O–H groups in total. The van der Waals surface area contributed by atoms with Gasteiger partial charge in [-0.25, -0.2) is 4.79 Å². The van der Waals surface area contributed by atoms with Gasteiger partial charge in [0.05, 0.1) is 17.1 Å². The molecule has 2 heterocycles. The van der Waals surface area contributed by atoms with Crippen LogP contribution in [0, 0.1) is 10.1 Å². The summed E-state index contributed by atoms with van der Waals surface area (Å²) in [5.74, 6) is -0.905. The van der Waals surface area contributed by atoms with Crippen molar-refractivity contribution in [2.75, 3.05) is 11.9 Å². The van der Waals surface area contributed by atoms with Crippen molar-refractivity contribution in [2.24, 2.45) is 0 Å². The van der Waals surface area contributed by atoms with E-state index in [0.29, 0.717) is 15.4 Å². The Bertz CT molecular complexity index is 822. The highest BCUT2D eigenvalue weighted by Gasteiger charge is 2.18. The van der Waals surface area contributed by atoms with Gasteiger partial charge in [-0.3, -0.25) is 14.9 Å². The van der Waals surface area contributed by atoms with Crippen molar-refractivity contribution >= 4 is 50.6 Å². The maximum Gasteiger partial charge on any atom is 0.341 e. The van der Waals surface area contributed by atoms with Gasteiger partial charge in [0.15, 0.2) is 0 Å². The fraction of sp³-hybridized carbons (Fsp3) is 0.250. The molecule has 9 heteroatoms. The molecule has 1 amide bonds. The first kappa shape index (κ1) is 18.8. The summed E-state index contributed by atoms with van der Waals surface area (Å²) in [6.45, 7) is 3.92. The van der Waals surface area contributed by atoms with Crippen molar-refractivity contribution in [1.82, 2.24) is 0 Å². The Kier molecular flexibility index (Phi) is 6.43. The van der Waals surface area contributed by atoms with Gasteiger partial charge in [-0.15, -0.1) is 11.3 Å². The number of carbonyl (C=O) groups is 2. The van der Waals surface area contributed by atoms with E-state index in [0.717, 1.165) is 22.6 Å². The second-order valence-electron chi connectivity index (χ2n) is 4.79. The standard InChI is InChI=1S/C16H16N2O5S2/c1-3-10-9-12(16(20)23-4-2)15(25-10)17-13(19)7-5-11-6-8-14(24-11)18(21)22/h5-9H,3-4H2,1-2H3,(H,17,19)/b7-5+. The fourth-order valence-corrected chi connectivity index (χ4v) is 3.62. The summed E-state index contributed by atoms with van der Waals surface area (Å²) >= 11 is 2.29. The SMILES string of the molecule is CCOC(=O)c1cc(CC)sc1NC(=O)/C=C/c1ccc([N+](=O)[O-])s1. The number of carbonyl (C=O) groups excluding carboxylic acids is 2. The number of rotatable bonds is 7. The number of hydrogen-bond acceptors (Lipinski definition) is 7. The van der Waals surface area contributed by atoms with E-state index in [2.05, 4.69) is 5.32 Å². The van der Waals surface area contributed by atoms with Crippen molar-refractivity contribution in [1.29, 1.82) is 0 Å². The average Bonchev–Trinajstić information content (AvgIpc) is 3.20. The van der Waals surface area contributed by atoms with Gasteiger partial charge in [-0.1, -0.05) is 18.3 Å². The molecule has 0 aliphatic heterocycles. The van der Waals surface area contributed by atoms with Crippen LogP contribution in [0.3, 0.4) is 0 Å². The first-order valence-corrected chi connectivity index (χ1v) is 9.11. The van der Waals surface area contributed by atoms with Gasteiger partial charge >= 0.3 is 11.0 Å². The number of nitrogens with zero attached hydrogens (tertiary/aromatic N) is 1. The minimum atomic E-state index is -0.481. The number of ether oxygens (including phenoxy) is 1. The summed E-state index contributed by atoms with van der Waals surface area (Å²) in [5.41, 5.74) is 0.331. The van der Waals surface area contributed by atoms with Gasteiger partial charge in [0.1, 0.15) is 5.00 Å². The topological polar surface area (TPSA) is 98.5 Å². The van der Waals surface area contributed by atoms with Crippen molar-refractivity contribution < 1.29 is 19.2 Å². The molecule has 0 spiro atoms. The van der Waals surface area contributed by atoms with E-state index in [1.165, 1.54) is 29.6 Å². The molecular weight excluding hydrogens is 364 g/mol. The zero-order chi connectivity index (χ0) is 18.4. The lowest BCUT2D eigenvalue weighted by molar-refractivity contribution is -0.380. The molecular formula is C16H16N2O5S2. The number of thiophene rings is 2. The highest BCUT2D eigenvalue weighted by Crippen LogP contribution is 2.29. The van der Waals surface area contributed by atoms with E-state index in [4.69, 9.17) is 4.74 Å². The minimum absolute atomic E-state index is 0.00972. The smallest absolute Gasteiger partial charge is 0.341 e. The molecule has 2 aromatic rings. The Morgan fingerprint density at radius 3 is 2.68 bits per heavy atom. The molecule has 0 aromatic carbocycles. The molecule has 2 rings (SSSR count). The Hall–Kier alpha value is -2.52. The lowest BCUT2D eigenvalue weighted by Gasteiger charge is -2.03. The second kappa shape index (κ2) is 8.54. The molecule has 0 atom stereocenters. The number of hydrogen-bond donors (Lipinski definition) is 1. The number of amides is 1. The number of aryl methyl sites for hydroxylation is 1. The largest absolute Gasteiger partial charge is 0.462 e. The Balaban J connectivity index is 2.11. The van der Waals surface area contributed by atoms with Gasteiger partial charge in [0, 0.05) is 21.9 Å². The maximum absolute atomic E-state index is 12.1. The van der Waals surface area contributed by atoms with Gasteiger partial charge in [-0.2, -0.15) is 0 Å². The summed E-state index contributed by atoms with van der Waals surface area (Å²) < 4.78 is 5.00. The van der Waals surface area contributed by atoms with Crippen LogP contribution in [-0.2, 0) is 16.0 Å². The van der Waals surface area contributed by atoms with Crippen molar-refractivity contribution in [3.05, 3.63) is 49.7 Å². The zero-order valence-electron chi connectivity index (χ0n) is 13.6. The molecule has 0 aliphatic rings. The molecule has 0 saturated carbocycles. The molecule has 0 saturated heterocycles. The fourth-order valence-electron chi connectivity index (χ4n) is 1.91. The van der Waals surface area contributed by atoms with E-state index in [1.54, 1.807) is 19.1 Å². The quantitative estimate of drug-likeness (QED) is 0.337. The van der Waals surface area contributed by atoms with Crippen LogP contribution in [0.5, 0.6) is 0 Å². The molecule has 0 bridgehead atoms. The monoisotopic (exact) mass is 380 g/mol. The van der Waals surface area contributed by atoms with E-state index >= 15 is 0 Å². The van der Waals surface area contributed by atoms with Crippen LogP contribution in [0.4, 0.5) is 10.0 Å². The molecule has 25 heavy (non-hydrogen) atoms. The van der Waals surface area contributed by atoms with Crippen LogP contribution in [0.25, 0.3) is 6.08 Å². The van der Waals surface area contributed by atoms with Crippen LogP contribution in [0.1, 0.15) is 34.0 Å². The summed E-state index contributed by atoms with van der Waals surface area (Å²) in [7, 11) is 0. The molecule has 0 aliphatic carbocycles. The summed E-state index contributed by atoms with van der Waals surface area (Å²) in [5, 5.41) is 13.8. The van der Waals surface area contributed by atoms with E-state index in [-0.39, 0.29) is 11.6 Å². The predicted octanol–water partition coefficient (Wildman–Crippen LogP) is 4.11. The van der Waals surface area contributed by atoms with Crippen LogP contribution >= 0.6 is 22.7 Å². The molecule has 7 nitrogen and oxygen atoms in total. The lowest BCUT2D eigenvalue weighted by atomic mass is 10.2. The number of nitrogens with one attached hydrogen (secondary N) is 1. The normalized spacial score (nSPS) is 10.8. The Morgan fingerprint density at radius 1 is 1.32 bits per heavy atom. The average molecular weight is 380 g/mol. The van der Waals surface area contributed by atoms with Gasteiger partial charge in [0.2, 0.25) is 5.91 Å². The van der Waals surface area contributed by atoms with Gasteiger partial charge in [0.25, 0.3) is 0 Å². The second-order valence-corrected chi connectivity index (χ2v) is 7.02.